The number of phenols is 1. The van der Waals surface area contributed by atoms with Gasteiger partial charge in [0, 0.05) is 17.3 Å². The highest BCUT2D eigenvalue weighted by Gasteiger charge is 2.12. The molecule has 144 valence electrons. The van der Waals surface area contributed by atoms with Crippen LogP contribution in [0.1, 0.15) is 17.5 Å². The Hall–Kier alpha value is -2.97. The Labute approximate surface area is 172 Å². The Balaban J connectivity index is 1.69. The summed E-state index contributed by atoms with van der Waals surface area (Å²) in [6.45, 7) is 3.85. The molecule has 0 aliphatic rings. The largest absolute Gasteiger partial charge is 0.508 e. The van der Waals surface area contributed by atoms with Gasteiger partial charge in [0.1, 0.15) is 16.5 Å². The van der Waals surface area contributed by atoms with Gasteiger partial charge in [0.05, 0.1) is 23.4 Å². The van der Waals surface area contributed by atoms with Crippen molar-refractivity contribution < 1.29 is 9.84 Å². The highest BCUT2D eigenvalue weighted by atomic mass is 32.1. The van der Waals surface area contributed by atoms with E-state index in [2.05, 4.69) is 20.8 Å². The van der Waals surface area contributed by atoms with Crippen LogP contribution in [-0.2, 0) is 0 Å². The molecule has 3 rings (SSSR count). The number of aryl methyl sites for hydroxylation is 1. The number of hydrogen-bond acceptors (Lipinski definition) is 6. The molecule has 0 aliphatic carbocycles. The summed E-state index contributed by atoms with van der Waals surface area (Å²) >= 11 is 6.85. The average molecular weight is 413 g/mol. The number of rotatable bonds is 5. The van der Waals surface area contributed by atoms with Gasteiger partial charge in [-0.05, 0) is 62.5 Å². The van der Waals surface area contributed by atoms with E-state index in [0.29, 0.717) is 5.11 Å². The fraction of sp³-hybridized carbons (Fsp3) is 0.150. The first-order valence-corrected chi connectivity index (χ1v) is 9.71. The van der Waals surface area contributed by atoms with E-state index in [4.69, 9.17) is 17.0 Å². The Kier molecular flexibility index (Phi) is 6.23. The summed E-state index contributed by atoms with van der Waals surface area (Å²) in [7, 11) is 1.62. The lowest BCUT2D eigenvalue weighted by Crippen LogP contribution is -2.24. The molecule has 3 N–H and O–H groups in total. The van der Waals surface area contributed by atoms with Crippen LogP contribution in [0, 0.1) is 6.92 Å². The van der Waals surface area contributed by atoms with Crippen LogP contribution in [0.5, 0.6) is 11.5 Å². The fourth-order valence-corrected chi connectivity index (χ4v) is 3.68. The second-order valence-electron chi connectivity index (χ2n) is 5.98. The molecule has 8 heteroatoms. The number of ether oxygens (including phenoxy) is 1. The van der Waals surface area contributed by atoms with Crippen LogP contribution in [0.3, 0.4) is 0 Å². The summed E-state index contributed by atoms with van der Waals surface area (Å²) in [6.07, 6.45) is 0. The second-order valence-corrected chi connectivity index (χ2v) is 7.38. The van der Waals surface area contributed by atoms with Crippen molar-refractivity contribution in [1.82, 2.24) is 10.4 Å². The fourth-order valence-electron chi connectivity index (χ4n) is 2.50. The van der Waals surface area contributed by atoms with Gasteiger partial charge in [0.25, 0.3) is 0 Å². The summed E-state index contributed by atoms with van der Waals surface area (Å²) < 4.78 is 5.20. The molecule has 28 heavy (non-hydrogen) atoms. The first-order chi connectivity index (χ1) is 13.5. The number of anilines is 1. The molecule has 2 aromatic carbocycles. The van der Waals surface area contributed by atoms with Crippen LogP contribution < -0.4 is 15.5 Å². The van der Waals surface area contributed by atoms with Gasteiger partial charge in [0.2, 0.25) is 0 Å². The molecule has 1 heterocycles. The molecule has 3 aromatic rings. The van der Waals surface area contributed by atoms with E-state index in [0.717, 1.165) is 38.3 Å². The Morgan fingerprint density at radius 3 is 2.68 bits per heavy atom. The van der Waals surface area contributed by atoms with E-state index in [1.54, 1.807) is 30.6 Å². The van der Waals surface area contributed by atoms with Gasteiger partial charge in [-0.3, -0.25) is 5.43 Å². The average Bonchev–Trinajstić information content (AvgIpc) is 3.08. The summed E-state index contributed by atoms with van der Waals surface area (Å²) in [4.78, 5) is 5.58. The van der Waals surface area contributed by atoms with Crippen molar-refractivity contribution in [2.45, 2.75) is 13.8 Å². The third-order valence-corrected chi connectivity index (χ3v) is 5.40. The molecule has 0 spiro atoms. The highest BCUT2D eigenvalue weighted by molar-refractivity contribution is 7.80. The van der Waals surface area contributed by atoms with Crippen LogP contribution >= 0.6 is 23.6 Å². The van der Waals surface area contributed by atoms with E-state index in [9.17, 15) is 5.11 Å². The Morgan fingerprint density at radius 2 is 1.96 bits per heavy atom. The van der Waals surface area contributed by atoms with Crippen molar-refractivity contribution >= 4 is 40.1 Å². The lowest BCUT2D eigenvalue weighted by atomic mass is 10.2. The van der Waals surface area contributed by atoms with E-state index in [-0.39, 0.29) is 5.75 Å². The van der Waals surface area contributed by atoms with Gasteiger partial charge in [0.15, 0.2) is 5.11 Å². The molecule has 0 amide bonds. The molecule has 0 fully saturated rings. The molecule has 0 bridgehead atoms. The summed E-state index contributed by atoms with van der Waals surface area (Å²) in [5, 5.41) is 18.1. The maximum atomic E-state index is 9.44. The molecular formula is C20H20N4O2S2. The smallest absolute Gasteiger partial charge is 0.191 e. The number of phenolic OH excluding ortho intramolecular Hbond substituents is 1. The molecule has 1 aromatic heterocycles. The molecule has 0 aliphatic heterocycles. The topological polar surface area (TPSA) is 78.8 Å². The zero-order chi connectivity index (χ0) is 20.1. The molecule has 0 radical (unpaired) electrons. The first-order valence-electron chi connectivity index (χ1n) is 8.49. The van der Waals surface area contributed by atoms with Gasteiger partial charge >= 0.3 is 0 Å². The minimum Gasteiger partial charge on any atom is -0.508 e. The predicted octanol–water partition coefficient (Wildman–Crippen LogP) is 4.54. The number of thiazole rings is 1. The van der Waals surface area contributed by atoms with Gasteiger partial charge in [-0.1, -0.05) is 6.07 Å². The number of nitrogens with one attached hydrogen (secondary N) is 2. The molecular weight excluding hydrogens is 392 g/mol. The van der Waals surface area contributed by atoms with E-state index in [1.807, 2.05) is 50.2 Å². The number of methoxy groups -OCH3 is 1. The minimum absolute atomic E-state index is 0.233. The van der Waals surface area contributed by atoms with Gasteiger partial charge in [-0.25, -0.2) is 4.98 Å². The maximum Gasteiger partial charge on any atom is 0.191 e. The van der Waals surface area contributed by atoms with Crippen molar-refractivity contribution in [3.05, 3.63) is 59.1 Å². The number of benzene rings is 2. The van der Waals surface area contributed by atoms with E-state index >= 15 is 0 Å². The van der Waals surface area contributed by atoms with E-state index < -0.39 is 0 Å². The maximum absolute atomic E-state index is 9.44. The van der Waals surface area contributed by atoms with Crippen molar-refractivity contribution in [2.24, 2.45) is 5.10 Å². The SMILES string of the molecule is COc1cccc(NC(=S)N/N=C(\C)c2sc(-c3ccc(O)cc3)nc2C)c1. The van der Waals surface area contributed by atoms with Crippen molar-refractivity contribution in [3.8, 4) is 22.1 Å². The normalized spacial score (nSPS) is 11.2. The Morgan fingerprint density at radius 1 is 1.21 bits per heavy atom. The van der Waals surface area contributed by atoms with Crippen molar-refractivity contribution in [3.63, 3.8) is 0 Å². The molecule has 6 nitrogen and oxygen atoms in total. The minimum atomic E-state index is 0.233. The third-order valence-electron chi connectivity index (χ3n) is 3.89. The quantitative estimate of drug-likeness (QED) is 0.324. The number of nitrogens with zero attached hydrogens (tertiary/aromatic N) is 2. The molecule has 0 saturated carbocycles. The lowest BCUT2D eigenvalue weighted by Gasteiger charge is -2.09. The number of hydrogen-bond donors (Lipinski definition) is 3. The number of thiocarbonyl (C=S) groups is 1. The zero-order valence-corrected chi connectivity index (χ0v) is 17.3. The standard InChI is InChI=1S/C20H20N4O2S2/c1-12-18(28-19(21-12)14-7-9-16(25)10-8-14)13(2)23-24-20(27)22-15-5-4-6-17(11-15)26-3/h4-11,25H,1-3H3,(H2,22,24,27)/b23-13+. The zero-order valence-electron chi connectivity index (χ0n) is 15.7. The molecule has 0 saturated heterocycles. The monoisotopic (exact) mass is 412 g/mol. The Bertz CT molecular complexity index is 1010. The summed E-state index contributed by atoms with van der Waals surface area (Å²) in [5.41, 5.74) is 6.31. The molecule has 0 unspecified atom stereocenters. The second kappa shape index (κ2) is 8.81. The lowest BCUT2D eigenvalue weighted by molar-refractivity contribution is 0.415. The van der Waals surface area contributed by atoms with E-state index in [1.165, 1.54) is 0 Å². The van der Waals surface area contributed by atoms with Crippen molar-refractivity contribution in [1.29, 1.82) is 0 Å². The predicted molar refractivity (Wildman–Crippen MR) is 119 cm³/mol. The summed E-state index contributed by atoms with van der Waals surface area (Å²) in [6, 6.07) is 14.5. The number of aromatic hydroxyl groups is 1. The highest BCUT2D eigenvalue weighted by Crippen LogP contribution is 2.29. The van der Waals surface area contributed by atoms with Gasteiger partial charge in [-0.2, -0.15) is 5.10 Å². The van der Waals surface area contributed by atoms with Gasteiger partial charge in [-0.15, -0.1) is 11.3 Å². The third kappa shape index (κ3) is 4.85. The van der Waals surface area contributed by atoms with Crippen LogP contribution in [0.15, 0.2) is 53.6 Å². The van der Waals surface area contributed by atoms with Crippen LogP contribution in [0.2, 0.25) is 0 Å². The number of hydrazone groups is 1. The first kappa shape index (κ1) is 19.8. The van der Waals surface area contributed by atoms with Crippen LogP contribution in [-0.4, -0.2) is 28.0 Å². The van der Waals surface area contributed by atoms with Crippen LogP contribution in [0.25, 0.3) is 10.6 Å². The van der Waals surface area contributed by atoms with Crippen LogP contribution in [0.4, 0.5) is 5.69 Å². The van der Waals surface area contributed by atoms with Crippen molar-refractivity contribution in [2.75, 3.05) is 12.4 Å². The summed E-state index contributed by atoms with van der Waals surface area (Å²) in [5.74, 6) is 0.978. The van der Waals surface area contributed by atoms with Gasteiger partial charge < -0.3 is 15.2 Å². The number of aromatic nitrogens is 1. The molecule has 0 atom stereocenters.